The number of amides is 1. The molecule has 3 aromatic carbocycles. The van der Waals surface area contributed by atoms with E-state index in [2.05, 4.69) is 41.7 Å². The molecule has 28 heavy (non-hydrogen) atoms. The molecule has 0 radical (unpaired) electrons. The van der Waals surface area contributed by atoms with Crippen molar-refractivity contribution in [2.45, 2.75) is 12.8 Å². The molecule has 3 nitrogen and oxygen atoms in total. The van der Waals surface area contributed by atoms with E-state index < -0.39 is 0 Å². The zero-order valence-corrected chi connectivity index (χ0v) is 15.9. The first-order chi connectivity index (χ1) is 13.7. The van der Waals surface area contributed by atoms with Gasteiger partial charge in [0.15, 0.2) is 5.78 Å². The predicted molar refractivity (Wildman–Crippen MR) is 114 cm³/mol. The van der Waals surface area contributed by atoms with Crippen LogP contribution in [0, 0.1) is 0 Å². The Morgan fingerprint density at radius 2 is 1.71 bits per heavy atom. The molecule has 1 aromatic heterocycles. The Morgan fingerprint density at radius 1 is 0.929 bits per heavy atom. The molecule has 0 bridgehead atoms. The summed E-state index contributed by atoms with van der Waals surface area (Å²) in [5, 5.41) is 8.96. The number of fused-ring (bicyclic) bond motifs is 2. The molecular formula is C24H17NO2S. The van der Waals surface area contributed by atoms with Crippen LogP contribution >= 0.6 is 11.3 Å². The van der Waals surface area contributed by atoms with Crippen molar-refractivity contribution in [3.8, 4) is 11.1 Å². The Hall–Kier alpha value is -3.24. The van der Waals surface area contributed by atoms with E-state index >= 15 is 0 Å². The summed E-state index contributed by atoms with van der Waals surface area (Å²) >= 11 is 1.54. The molecule has 136 valence electrons. The first-order valence-corrected chi connectivity index (χ1v) is 10.1. The number of ketones is 1. The molecule has 2 heterocycles. The van der Waals surface area contributed by atoms with Crippen LogP contribution in [-0.2, 0) is 17.6 Å². The van der Waals surface area contributed by atoms with Crippen LogP contribution in [0.3, 0.4) is 0 Å². The number of carbonyl (C=O) groups is 2. The number of thiophene rings is 1. The zero-order chi connectivity index (χ0) is 19.1. The van der Waals surface area contributed by atoms with E-state index in [1.165, 1.54) is 0 Å². The first-order valence-electron chi connectivity index (χ1n) is 9.17. The number of nitrogens with one attached hydrogen (secondary N) is 1. The fraction of sp³-hybridized carbons (Fsp3) is 0.0833. The Morgan fingerprint density at radius 3 is 2.57 bits per heavy atom. The number of rotatable bonds is 4. The van der Waals surface area contributed by atoms with Gasteiger partial charge in [-0.15, -0.1) is 0 Å². The molecule has 1 aliphatic rings. The van der Waals surface area contributed by atoms with Gasteiger partial charge in [-0.3, -0.25) is 9.59 Å². The number of hydrogen-bond donors (Lipinski definition) is 1. The summed E-state index contributed by atoms with van der Waals surface area (Å²) in [7, 11) is 0. The monoisotopic (exact) mass is 383 g/mol. The minimum atomic E-state index is 0.0511. The van der Waals surface area contributed by atoms with Gasteiger partial charge in [0, 0.05) is 23.1 Å². The maximum absolute atomic E-state index is 12.3. The molecule has 4 aromatic rings. The van der Waals surface area contributed by atoms with E-state index in [9.17, 15) is 9.59 Å². The van der Waals surface area contributed by atoms with Gasteiger partial charge in [-0.1, -0.05) is 36.4 Å². The summed E-state index contributed by atoms with van der Waals surface area (Å²) < 4.78 is 0. The molecule has 0 saturated heterocycles. The second kappa shape index (κ2) is 6.73. The molecule has 1 amide bonds. The van der Waals surface area contributed by atoms with Gasteiger partial charge in [0.25, 0.3) is 0 Å². The lowest BCUT2D eigenvalue weighted by atomic mass is 9.97. The molecule has 0 fully saturated rings. The van der Waals surface area contributed by atoms with Crippen LogP contribution in [-0.4, -0.2) is 11.7 Å². The van der Waals surface area contributed by atoms with E-state index in [1.54, 1.807) is 11.3 Å². The van der Waals surface area contributed by atoms with Crippen molar-refractivity contribution in [2.24, 2.45) is 0 Å². The quantitative estimate of drug-likeness (QED) is 0.474. The van der Waals surface area contributed by atoms with Crippen LogP contribution in [0.2, 0.25) is 0 Å². The van der Waals surface area contributed by atoms with Crippen molar-refractivity contribution >= 4 is 39.5 Å². The molecule has 0 spiro atoms. The van der Waals surface area contributed by atoms with Crippen LogP contribution < -0.4 is 5.32 Å². The highest BCUT2D eigenvalue weighted by Crippen LogP contribution is 2.31. The fourth-order valence-corrected chi connectivity index (χ4v) is 4.36. The van der Waals surface area contributed by atoms with Crippen molar-refractivity contribution in [3.05, 3.63) is 88.1 Å². The van der Waals surface area contributed by atoms with Crippen molar-refractivity contribution in [1.29, 1.82) is 0 Å². The lowest BCUT2D eigenvalue weighted by Gasteiger charge is -2.08. The van der Waals surface area contributed by atoms with Gasteiger partial charge in [0.05, 0.1) is 6.42 Å². The smallest absolute Gasteiger partial charge is 0.228 e. The first kappa shape index (κ1) is 16.9. The van der Waals surface area contributed by atoms with Crippen molar-refractivity contribution in [3.63, 3.8) is 0 Å². The number of benzene rings is 3. The predicted octanol–water partition coefficient (Wildman–Crippen LogP) is 5.49. The average molecular weight is 383 g/mol. The number of anilines is 1. The molecule has 0 unspecified atom stereocenters. The van der Waals surface area contributed by atoms with Crippen molar-refractivity contribution in [1.82, 2.24) is 0 Å². The zero-order valence-electron chi connectivity index (χ0n) is 15.1. The van der Waals surface area contributed by atoms with Gasteiger partial charge in [0.2, 0.25) is 5.91 Å². The second-order valence-electron chi connectivity index (χ2n) is 7.11. The topological polar surface area (TPSA) is 46.2 Å². The van der Waals surface area contributed by atoms with Gasteiger partial charge in [0.1, 0.15) is 0 Å². The molecule has 1 aliphatic heterocycles. The Kier molecular flexibility index (Phi) is 4.06. The van der Waals surface area contributed by atoms with E-state index in [4.69, 9.17) is 0 Å². The Bertz CT molecular complexity index is 1220. The number of Topliss-reactive ketones (excluding diaryl/α,β-unsaturated/α-hetero) is 1. The lowest BCUT2D eigenvalue weighted by molar-refractivity contribution is -0.115. The van der Waals surface area contributed by atoms with E-state index in [1.807, 2.05) is 35.0 Å². The maximum Gasteiger partial charge on any atom is 0.228 e. The van der Waals surface area contributed by atoms with Crippen LogP contribution in [0.1, 0.15) is 21.5 Å². The summed E-state index contributed by atoms with van der Waals surface area (Å²) in [5.74, 6) is 0.203. The Balaban J connectivity index is 1.43. The lowest BCUT2D eigenvalue weighted by Crippen LogP contribution is -2.03. The van der Waals surface area contributed by atoms with Gasteiger partial charge in [-0.25, -0.2) is 0 Å². The molecule has 5 rings (SSSR count). The molecule has 0 saturated carbocycles. The minimum Gasteiger partial charge on any atom is -0.326 e. The summed E-state index contributed by atoms with van der Waals surface area (Å²) in [6.07, 6.45) is 0.860. The summed E-state index contributed by atoms with van der Waals surface area (Å²) in [6.45, 7) is 0. The van der Waals surface area contributed by atoms with Gasteiger partial charge < -0.3 is 5.32 Å². The van der Waals surface area contributed by atoms with E-state index in [-0.39, 0.29) is 11.7 Å². The molecule has 0 atom stereocenters. The van der Waals surface area contributed by atoms with Crippen LogP contribution in [0.15, 0.2) is 71.4 Å². The van der Waals surface area contributed by atoms with E-state index in [0.29, 0.717) is 12.8 Å². The third-order valence-electron chi connectivity index (χ3n) is 5.18. The van der Waals surface area contributed by atoms with Crippen LogP contribution in [0.4, 0.5) is 5.69 Å². The number of hydrogen-bond acceptors (Lipinski definition) is 3. The van der Waals surface area contributed by atoms with Crippen molar-refractivity contribution < 1.29 is 9.59 Å². The number of carbonyl (C=O) groups excluding carboxylic acids is 2. The third-order valence-corrected chi connectivity index (χ3v) is 5.86. The highest BCUT2D eigenvalue weighted by atomic mass is 32.1. The van der Waals surface area contributed by atoms with E-state index in [0.717, 1.165) is 44.3 Å². The summed E-state index contributed by atoms with van der Waals surface area (Å²) in [4.78, 5) is 23.9. The van der Waals surface area contributed by atoms with Gasteiger partial charge in [-0.05, 0) is 62.7 Å². The van der Waals surface area contributed by atoms with Gasteiger partial charge in [-0.2, -0.15) is 11.3 Å². The molecule has 4 heteroatoms. The largest absolute Gasteiger partial charge is 0.326 e. The molecular weight excluding hydrogens is 366 g/mol. The standard InChI is InChI=1S/C24H17NO2S/c26-23(20-7-8-28-14-20)10-15-1-2-17-11-18(4-3-16(17)9-15)19-5-6-22-21(12-19)13-24(27)25-22/h1-9,11-12,14H,10,13H2,(H,25,27). The average Bonchev–Trinajstić information content (AvgIpc) is 3.36. The van der Waals surface area contributed by atoms with Crippen molar-refractivity contribution in [2.75, 3.05) is 5.32 Å². The maximum atomic E-state index is 12.3. The van der Waals surface area contributed by atoms with Crippen LogP contribution in [0.25, 0.3) is 21.9 Å². The molecule has 1 N–H and O–H groups in total. The van der Waals surface area contributed by atoms with Crippen LogP contribution in [0.5, 0.6) is 0 Å². The second-order valence-corrected chi connectivity index (χ2v) is 7.89. The minimum absolute atomic E-state index is 0.0511. The Labute approximate surface area is 166 Å². The third kappa shape index (κ3) is 3.12. The highest BCUT2D eigenvalue weighted by molar-refractivity contribution is 7.08. The summed E-state index contributed by atoms with van der Waals surface area (Å²) in [6, 6.07) is 20.5. The fourth-order valence-electron chi connectivity index (χ4n) is 3.70. The normalized spacial score (nSPS) is 12.8. The SMILES string of the molecule is O=C1Cc2cc(-c3ccc4cc(CC(=O)c5ccsc5)ccc4c3)ccc2N1. The molecule has 0 aliphatic carbocycles. The highest BCUT2D eigenvalue weighted by Gasteiger charge is 2.17. The summed E-state index contributed by atoms with van der Waals surface area (Å²) in [5.41, 5.74) is 5.99. The van der Waals surface area contributed by atoms with Gasteiger partial charge >= 0.3 is 0 Å².